The van der Waals surface area contributed by atoms with Crippen LogP contribution in [0.5, 0.6) is 0 Å². The molecule has 1 unspecified atom stereocenters. The minimum absolute atomic E-state index is 0.0913. The average Bonchev–Trinajstić information content (AvgIpc) is 2.84. The number of rotatable bonds is 12. The second-order valence-corrected chi connectivity index (χ2v) is 9.61. The van der Waals surface area contributed by atoms with E-state index in [9.17, 15) is 19.2 Å². The lowest BCUT2D eigenvalue weighted by Gasteiger charge is -2.49. The summed E-state index contributed by atoms with van der Waals surface area (Å²) < 4.78 is 46.6. The fourth-order valence-electron chi connectivity index (χ4n) is 4.86. The maximum Gasteiger partial charge on any atom is 0.303 e. The normalized spacial score (nSPS) is 34.6. The van der Waals surface area contributed by atoms with Crippen LogP contribution in [0, 0.1) is 5.92 Å². The van der Waals surface area contributed by atoms with Crippen LogP contribution in [0.1, 0.15) is 67.7 Å². The zero-order valence-electron chi connectivity index (χ0n) is 23.7. The van der Waals surface area contributed by atoms with E-state index in [1.54, 1.807) is 0 Å². The summed E-state index contributed by atoms with van der Waals surface area (Å²) in [6.07, 6.45) is -7.85. The van der Waals surface area contributed by atoms with Crippen molar-refractivity contribution in [3.63, 3.8) is 0 Å². The van der Waals surface area contributed by atoms with Crippen molar-refractivity contribution in [2.24, 2.45) is 5.92 Å². The molecule has 224 valence electrons. The summed E-state index contributed by atoms with van der Waals surface area (Å²) in [5.74, 6) is -2.89. The first-order chi connectivity index (χ1) is 18.4. The third-order valence-corrected chi connectivity index (χ3v) is 6.49. The van der Waals surface area contributed by atoms with Crippen molar-refractivity contribution in [1.29, 1.82) is 0 Å². The van der Waals surface area contributed by atoms with Crippen molar-refractivity contribution in [3.05, 3.63) is 0 Å². The highest BCUT2D eigenvalue weighted by Crippen LogP contribution is 2.37. The number of hydrogen-bond donors (Lipinski definition) is 1. The van der Waals surface area contributed by atoms with Crippen LogP contribution in [-0.4, -0.2) is 97.5 Å². The number of carbonyl (C=O) groups excluding carboxylic acids is 4. The molecule has 2 saturated heterocycles. The van der Waals surface area contributed by atoms with Crippen LogP contribution in [0.15, 0.2) is 0 Å². The summed E-state index contributed by atoms with van der Waals surface area (Å²) in [6.45, 7) is 10.3. The first-order valence-electron chi connectivity index (χ1n) is 13.3. The number of aliphatic hydroxyl groups is 1. The molecule has 0 bridgehead atoms. The van der Waals surface area contributed by atoms with Crippen molar-refractivity contribution < 1.29 is 62.2 Å². The van der Waals surface area contributed by atoms with E-state index in [4.69, 9.17) is 43.0 Å². The molecule has 0 spiro atoms. The van der Waals surface area contributed by atoms with Gasteiger partial charge in [-0.2, -0.15) is 0 Å². The van der Waals surface area contributed by atoms with Crippen LogP contribution in [0.25, 0.3) is 0 Å². The van der Waals surface area contributed by atoms with Crippen LogP contribution in [0.3, 0.4) is 0 Å². The molecule has 2 aliphatic rings. The first-order valence-corrected chi connectivity index (χ1v) is 13.3. The minimum Gasteiger partial charge on any atom is -0.458 e. The Labute approximate surface area is 228 Å². The molecule has 2 fully saturated rings. The molecule has 0 aromatic carbocycles. The van der Waals surface area contributed by atoms with E-state index in [1.165, 1.54) is 27.7 Å². The predicted molar refractivity (Wildman–Crippen MR) is 132 cm³/mol. The van der Waals surface area contributed by atoms with Gasteiger partial charge in [0, 0.05) is 40.2 Å². The highest BCUT2D eigenvalue weighted by molar-refractivity contribution is 5.68. The summed E-state index contributed by atoms with van der Waals surface area (Å²) >= 11 is 0. The lowest BCUT2D eigenvalue weighted by Crippen LogP contribution is -2.64. The monoisotopic (exact) mass is 562 g/mol. The standard InChI is InChI=1S/C26H42O13/c1-8-18-13(3)20(33-14(4)28)23(35-16(6)30)26(37-18)39-21-19(9-2)38-25(32-12-10-11-27)24(36-17(7)31)22(21)34-15(5)29/h13,18-27H,8-12H2,1-7H3/t13-,18-,19-,20+,21?,22+,23-,24-,25-,26-/m1/s1. The molecule has 2 aliphatic heterocycles. The molecule has 39 heavy (non-hydrogen) atoms. The first kappa shape index (κ1) is 32.9. The number of esters is 4. The molecule has 0 aromatic heterocycles. The molecular weight excluding hydrogens is 520 g/mol. The molecule has 0 aromatic rings. The fourth-order valence-corrected chi connectivity index (χ4v) is 4.86. The van der Waals surface area contributed by atoms with Crippen LogP contribution >= 0.6 is 0 Å². The van der Waals surface area contributed by atoms with Gasteiger partial charge in [0.05, 0.1) is 18.8 Å². The maximum atomic E-state index is 12.2. The summed E-state index contributed by atoms with van der Waals surface area (Å²) in [6, 6.07) is 0. The van der Waals surface area contributed by atoms with E-state index < -0.39 is 79.2 Å². The third-order valence-electron chi connectivity index (χ3n) is 6.49. The van der Waals surface area contributed by atoms with Gasteiger partial charge in [-0.25, -0.2) is 0 Å². The molecule has 0 radical (unpaired) electrons. The van der Waals surface area contributed by atoms with Gasteiger partial charge in [0.15, 0.2) is 30.9 Å². The Morgan fingerprint density at radius 1 is 0.667 bits per heavy atom. The van der Waals surface area contributed by atoms with E-state index in [1.807, 2.05) is 20.8 Å². The molecule has 2 heterocycles. The number of carbonyl (C=O) groups is 4. The number of aliphatic hydroxyl groups excluding tert-OH is 1. The molecule has 13 heteroatoms. The maximum absolute atomic E-state index is 12.2. The smallest absolute Gasteiger partial charge is 0.303 e. The van der Waals surface area contributed by atoms with Crippen LogP contribution in [0.2, 0.25) is 0 Å². The van der Waals surface area contributed by atoms with Crippen molar-refractivity contribution in [2.75, 3.05) is 13.2 Å². The second kappa shape index (κ2) is 15.5. The van der Waals surface area contributed by atoms with Crippen LogP contribution in [0.4, 0.5) is 0 Å². The highest BCUT2D eigenvalue weighted by Gasteiger charge is 2.55. The van der Waals surface area contributed by atoms with Gasteiger partial charge in [-0.05, 0) is 19.3 Å². The Hall–Kier alpha value is -2.32. The quantitative estimate of drug-likeness (QED) is 0.206. The fraction of sp³-hybridized carbons (Fsp3) is 0.846. The minimum atomic E-state index is -1.25. The predicted octanol–water partition coefficient (Wildman–Crippen LogP) is 1.40. The van der Waals surface area contributed by atoms with E-state index in [2.05, 4.69) is 0 Å². The van der Waals surface area contributed by atoms with Crippen molar-refractivity contribution in [1.82, 2.24) is 0 Å². The summed E-state index contributed by atoms with van der Waals surface area (Å²) in [7, 11) is 0. The van der Waals surface area contributed by atoms with E-state index in [0.29, 0.717) is 19.3 Å². The Morgan fingerprint density at radius 2 is 1.13 bits per heavy atom. The number of hydrogen-bond acceptors (Lipinski definition) is 13. The van der Waals surface area contributed by atoms with Crippen molar-refractivity contribution >= 4 is 23.9 Å². The topological polar surface area (TPSA) is 162 Å². The van der Waals surface area contributed by atoms with Gasteiger partial charge in [-0.1, -0.05) is 20.8 Å². The molecule has 0 amide bonds. The second-order valence-electron chi connectivity index (χ2n) is 9.61. The SMILES string of the molecule is CC[C@H]1O[C@@H](OCCCO)[C@H](OC(C)=O)[C@@H](OC(C)=O)C1O[C@H]1O[C@H](CC)[C@@H](C)[C@H](OC(C)=O)[C@H]1OC(C)=O. The summed E-state index contributed by atoms with van der Waals surface area (Å²) in [5.41, 5.74) is 0. The number of ether oxygens (including phenoxy) is 8. The summed E-state index contributed by atoms with van der Waals surface area (Å²) in [4.78, 5) is 48.2. The van der Waals surface area contributed by atoms with Gasteiger partial charge in [0.2, 0.25) is 0 Å². The highest BCUT2D eigenvalue weighted by atomic mass is 16.8. The average molecular weight is 563 g/mol. The van der Waals surface area contributed by atoms with Gasteiger partial charge in [0.25, 0.3) is 0 Å². The zero-order chi connectivity index (χ0) is 29.3. The third kappa shape index (κ3) is 9.10. The largest absolute Gasteiger partial charge is 0.458 e. The molecule has 13 nitrogen and oxygen atoms in total. The Morgan fingerprint density at radius 3 is 1.62 bits per heavy atom. The van der Waals surface area contributed by atoms with Gasteiger partial charge >= 0.3 is 23.9 Å². The molecule has 2 rings (SSSR count). The molecule has 0 saturated carbocycles. The van der Waals surface area contributed by atoms with Crippen LogP contribution in [-0.2, 0) is 57.1 Å². The Kier molecular flexibility index (Phi) is 13.0. The van der Waals surface area contributed by atoms with Crippen LogP contribution < -0.4 is 0 Å². The van der Waals surface area contributed by atoms with Crippen molar-refractivity contribution in [2.45, 2.75) is 123 Å². The molecule has 10 atom stereocenters. The van der Waals surface area contributed by atoms with E-state index in [-0.39, 0.29) is 19.1 Å². The molecular formula is C26H42O13. The summed E-state index contributed by atoms with van der Waals surface area (Å²) in [5, 5.41) is 9.15. The van der Waals surface area contributed by atoms with Gasteiger partial charge in [-0.15, -0.1) is 0 Å². The van der Waals surface area contributed by atoms with Crippen molar-refractivity contribution in [3.8, 4) is 0 Å². The zero-order valence-corrected chi connectivity index (χ0v) is 23.7. The Balaban J connectivity index is 2.50. The van der Waals surface area contributed by atoms with Gasteiger partial charge in [0.1, 0.15) is 12.2 Å². The van der Waals surface area contributed by atoms with E-state index >= 15 is 0 Å². The Bertz CT molecular complexity index is 833. The van der Waals surface area contributed by atoms with E-state index in [0.717, 1.165) is 0 Å². The molecule has 1 N–H and O–H groups in total. The van der Waals surface area contributed by atoms with Gasteiger partial charge < -0.3 is 43.0 Å². The lowest BCUT2D eigenvalue weighted by atomic mass is 9.88. The lowest BCUT2D eigenvalue weighted by molar-refractivity contribution is -0.353. The van der Waals surface area contributed by atoms with Gasteiger partial charge in [-0.3, -0.25) is 19.2 Å². The molecule has 0 aliphatic carbocycles.